The summed E-state index contributed by atoms with van der Waals surface area (Å²) in [6.45, 7) is 2.04. The fourth-order valence-electron chi connectivity index (χ4n) is 1.08. The second-order valence-electron chi connectivity index (χ2n) is 2.79. The molecule has 1 aromatic rings. The van der Waals surface area contributed by atoms with Crippen molar-refractivity contribution in [3.63, 3.8) is 0 Å². The maximum Gasteiger partial charge on any atom is 0.270 e. The Morgan fingerprint density at radius 2 is 2.33 bits per heavy atom. The molecule has 1 rings (SSSR count). The van der Waals surface area contributed by atoms with Gasteiger partial charge >= 0.3 is 0 Å². The van der Waals surface area contributed by atoms with Gasteiger partial charge in [-0.25, -0.2) is 0 Å². The molecule has 15 heavy (non-hydrogen) atoms. The van der Waals surface area contributed by atoms with E-state index in [2.05, 4.69) is 0 Å². The number of rotatable bonds is 3. The lowest BCUT2D eigenvalue weighted by molar-refractivity contribution is -0.384. The highest BCUT2D eigenvalue weighted by molar-refractivity contribution is 5.97. The molecule has 0 spiro atoms. The number of nitrogens with two attached hydrogens (primary N) is 1. The zero-order valence-electron chi connectivity index (χ0n) is 8.19. The average molecular weight is 209 g/mol. The number of nitrogens with zero attached hydrogens (tertiary/aromatic N) is 1. The molecule has 6 heteroatoms. The summed E-state index contributed by atoms with van der Waals surface area (Å²) in [4.78, 5) is 9.96. The van der Waals surface area contributed by atoms with Crippen LogP contribution in [-0.4, -0.2) is 17.4 Å². The van der Waals surface area contributed by atoms with E-state index in [0.717, 1.165) is 0 Å². The van der Waals surface area contributed by atoms with E-state index < -0.39 is 4.92 Å². The molecule has 1 aromatic carbocycles. The predicted octanol–water partition coefficient (Wildman–Crippen LogP) is 1.54. The second kappa shape index (κ2) is 4.41. The van der Waals surface area contributed by atoms with Crippen LogP contribution in [0.25, 0.3) is 0 Å². The van der Waals surface area contributed by atoms with E-state index in [4.69, 9.17) is 15.9 Å². The number of nitro groups is 1. The number of nitro benzene ring substituents is 1. The van der Waals surface area contributed by atoms with E-state index in [9.17, 15) is 10.1 Å². The van der Waals surface area contributed by atoms with Crippen LogP contribution in [-0.2, 0) is 4.74 Å². The Kier molecular flexibility index (Phi) is 3.22. The fraction of sp³-hybridized carbons (Fsp3) is 0.222. The third-order valence-electron chi connectivity index (χ3n) is 1.78. The van der Waals surface area contributed by atoms with Gasteiger partial charge in [-0.05, 0) is 13.0 Å². The van der Waals surface area contributed by atoms with Crippen molar-refractivity contribution in [1.29, 1.82) is 5.41 Å². The Bertz CT molecular complexity index is 404. The molecule has 6 nitrogen and oxygen atoms in total. The number of nitrogens with one attached hydrogen (secondary N) is 1. The number of benzene rings is 1. The van der Waals surface area contributed by atoms with E-state index in [1.165, 1.54) is 18.2 Å². The van der Waals surface area contributed by atoms with Gasteiger partial charge in [0.2, 0.25) is 5.90 Å². The van der Waals surface area contributed by atoms with Crippen LogP contribution >= 0.6 is 0 Å². The smallest absolute Gasteiger partial charge is 0.270 e. The first-order valence-corrected chi connectivity index (χ1v) is 4.32. The Morgan fingerprint density at radius 3 is 2.87 bits per heavy atom. The van der Waals surface area contributed by atoms with Crippen molar-refractivity contribution in [1.82, 2.24) is 0 Å². The van der Waals surface area contributed by atoms with Crippen LogP contribution in [0.15, 0.2) is 18.2 Å². The lowest BCUT2D eigenvalue weighted by Gasteiger charge is -2.07. The van der Waals surface area contributed by atoms with Gasteiger partial charge in [-0.2, -0.15) is 0 Å². The van der Waals surface area contributed by atoms with Crippen LogP contribution in [0.2, 0.25) is 0 Å². The van der Waals surface area contributed by atoms with E-state index in [0.29, 0.717) is 12.3 Å². The molecule has 0 saturated carbocycles. The zero-order chi connectivity index (χ0) is 11.4. The normalized spacial score (nSPS) is 9.67. The summed E-state index contributed by atoms with van der Waals surface area (Å²) in [5, 5.41) is 18.0. The standard InChI is InChI=1S/C9H11N3O3/c1-2-15-9(11)7-5-6(12(13)14)3-4-8(7)10/h3-5,11H,2,10H2,1H3. The van der Waals surface area contributed by atoms with Crippen molar-refractivity contribution in [2.24, 2.45) is 0 Å². The number of ether oxygens (including phenoxy) is 1. The third kappa shape index (κ3) is 2.43. The van der Waals surface area contributed by atoms with Crippen molar-refractivity contribution >= 4 is 17.3 Å². The van der Waals surface area contributed by atoms with Crippen molar-refractivity contribution in [2.45, 2.75) is 6.92 Å². The van der Waals surface area contributed by atoms with Gasteiger partial charge in [0.15, 0.2) is 0 Å². The van der Waals surface area contributed by atoms with Gasteiger partial charge in [0.1, 0.15) is 0 Å². The Hall–Kier alpha value is -2.11. The van der Waals surface area contributed by atoms with E-state index >= 15 is 0 Å². The van der Waals surface area contributed by atoms with Crippen molar-refractivity contribution in [3.05, 3.63) is 33.9 Å². The minimum Gasteiger partial charge on any atom is -0.478 e. The average Bonchev–Trinajstić information content (AvgIpc) is 2.18. The van der Waals surface area contributed by atoms with Crippen molar-refractivity contribution < 1.29 is 9.66 Å². The summed E-state index contributed by atoms with van der Waals surface area (Å²) in [7, 11) is 0. The molecule has 0 aromatic heterocycles. The minimum atomic E-state index is -0.540. The van der Waals surface area contributed by atoms with Gasteiger partial charge in [-0.1, -0.05) is 0 Å². The topological polar surface area (TPSA) is 102 Å². The Labute approximate surface area is 86.3 Å². The summed E-state index contributed by atoms with van der Waals surface area (Å²) in [6.07, 6.45) is 0. The van der Waals surface area contributed by atoms with E-state index in [1.54, 1.807) is 6.92 Å². The molecule has 0 atom stereocenters. The van der Waals surface area contributed by atoms with Gasteiger partial charge in [0.25, 0.3) is 5.69 Å². The lowest BCUT2D eigenvalue weighted by atomic mass is 10.1. The maximum absolute atomic E-state index is 10.5. The maximum atomic E-state index is 10.5. The van der Waals surface area contributed by atoms with Gasteiger partial charge in [-0.3, -0.25) is 15.5 Å². The van der Waals surface area contributed by atoms with Gasteiger partial charge in [-0.15, -0.1) is 0 Å². The molecule has 0 aliphatic carbocycles. The zero-order valence-corrected chi connectivity index (χ0v) is 8.19. The molecule has 0 radical (unpaired) electrons. The first-order valence-electron chi connectivity index (χ1n) is 4.32. The molecule has 0 bridgehead atoms. The molecule has 0 amide bonds. The number of hydrogen-bond donors (Lipinski definition) is 2. The van der Waals surface area contributed by atoms with Crippen molar-refractivity contribution in [2.75, 3.05) is 12.3 Å². The molecule has 80 valence electrons. The predicted molar refractivity (Wildman–Crippen MR) is 56.0 cm³/mol. The molecular weight excluding hydrogens is 198 g/mol. The van der Waals surface area contributed by atoms with Crippen LogP contribution < -0.4 is 5.73 Å². The van der Waals surface area contributed by atoms with Gasteiger partial charge in [0, 0.05) is 17.8 Å². The molecule has 0 aliphatic heterocycles. The summed E-state index contributed by atoms with van der Waals surface area (Å²) >= 11 is 0. The monoisotopic (exact) mass is 209 g/mol. The van der Waals surface area contributed by atoms with Crippen LogP contribution in [0.1, 0.15) is 12.5 Å². The number of hydrogen-bond acceptors (Lipinski definition) is 5. The highest BCUT2D eigenvalue weighted by Gasteiger charge is 2.13. The summed E-state index contributed by atoms with van der Waals surface area (Å²) in [6, 6.07) is 3.91. The minimum absolute atomic E-state index is 0.108. The second-order valence-corrected chi connectivity index (χ2v) is 2.79. The molecule has 3 N–H and O–H groups in total. The highest BCUT2D eigenvalue weighted by atomic mass is 16.6. The van der Waals surface area contributed by atoms with E-state index in [-0.39, 0.29) is 17.1 Å². The molecule has 0 unspecified atom stereocenters. The molecule has 0 saturated heterocycles. The van der Waals surface area contributed by atoms with E-state index in [1.807, 2.05) is 0 Å². The quantitative estimate of drug-likeness (QED) is 0.259. The first kappa shape index (κ1) is 11.0. The van der Waals surface area contributed by atoms with Crippen LogP contribution in [0.4, 0.5) is 11.4 Å². The van der Waals surface area contributed by atoms with Gasteiger partial charge in [0.05, 0.1) is 17.1 Å². The largest absolute Gasteiger partial charge is 0.478 e. The fourth-order valence-corrected chi connectivity index (χ4v) is 1.08. The third-order valence-corrected chi connectivity index (χ3v) is 1.78. The van der Waals surface area contributed by atoms with Crippen LogP contribution in [0.5, 0.6) is 0 Å². The number of non-ortho nitro benzene ring substituents is 1. The SMILES string of the molecule is CCOC(=N)c1cc([N+](=O)[O-])ccc1N. The lowest BCUT2D eigenvalue weighted by Crippen LogP contribution is -2.08. The first-order chi connectivity index (χ1) is 7.06. The summed E-state index contributed by atoms with van der Waals surface area (Å²) in [5.74, 6) is -0.154. The molecular formula is C9H11N3O3. The molecule has 0 fully saturated rings. The van der Waals surface area contributed by atoms with Crippen molar-refractivity contribution in [3.8, 4) is 0 Å². The summed E-state index contributed by atoms with van der Waals surface area (Å²) in [5.41, 5.74) is 6.00. The van der Waals surface area contributed by atoms with Crippen LogP contribution in [0, 0.1) is 15.5 Å². The van der Waals surface area contributed by atoms with Gasteiger partial charge < -0.3 is 10.5 Å². The summed E-state index contributed by atoms with van der Waals surface area (Å²) < 4.78 is 4.92. The molecule has 0 heterocycles. The van der Waals surface area contributed by atoms with Crippen LogP contribution in [0.3, 0.4) is 0 Å². The number of nitrogen functional groups attached to an aromatic ring is 1. The Balaban J connectivity index is 3.10. The number of anilines is 1. The highest BCUT2D eigenvalue weighted by Crippen LogP contribution is 2.20. The Morgan fingerprint density at radius 1 is 1.67 bits per heavy atom. The molecule has 0 aliphatic rings.